The Balaban J connectivity index is 3.35. The molecule has 1 aromatic rings. The van der Waals surface area contributed by atoms with Crippen molar-refractivity contribution in [2.75, 3.05) is 0 Å². The molecule has 0 saturated carbocycles. The molecular weight excluding hydrogens is 263 g/mol. The fraction of sp³-hybridized carbons (Fsp3) is 0.375. The Morgan fingerprint density at radius 3 is 2.62 bits per heavy atom. The van der Waals surface area contributed by atoms with Gasteiger partial charge in [-0.05, 0) is 18.1 Å². The van der Waals surface area contributed by atoms with Crippen LogP contribution in [0.25, 0.3) is 0 Å². The van der Waals surface area contributed by atoms with Crippen molar-refractivity contribution in [1.29, 1.82) is 0 Å². The second-order valence-electron chi connectivity index (χ2n) is 2.56. The lowest BCUT2D eigenvalue weighted by Crippen LogP contribution is -1.98. The molecule has 1 nitrogen and oxygen atoms in total. The maximum atomic E-state index is 12.5. The summed E-state index contributed by atoms with van der Waals surface area (Å²) in [5, 5.41) is 0.246. The number of hydrogen-bond acceptors (Lipinski definition) is 1. The Morgan fingerprint density at radius 2 is 2.23 bits per heavy atom. The highest BCUT2D eigenvalue weighted by Gasteiger charge is 2.18. The van der Waals surface area contributed by atoms with E-state index in [2.05, 4.69) is 20.9 Å². The fourth-order valence-electron chi connectivity index (χ4n) is 1.04. The van der Waals surface area contributed by atoms with Gasteiger partial charge >= 0.3 is 0 Å². The van der Waals surface area contributed by atoms with Gasteiger partial charge in [-0.2, -0.15) is 0 Å². The van der Waals surface area contributed by atoms with Gasteiger partial charge in [0.05, 0.1) is 5.56 Å². The summed E-state index contributed by atoms with van der Waals surface area (Å²) in [7, 11) is 0. The van der Waals surface area contributed by atoms with Gasteiger partial charge in [-0.15, -0.1) is 0 Å². The van der Waals surface area contributed by atoms with Crippen LogP contribution in [0.4, 0.5) is 8.78 Å². The molecule has 1 heterocycles. The van der Waals surface area contributed by atoms with Crippen LogP contribution in [0.1, 0.15) is 23.1 Å². The molecule has 0 aliphatic heterocycles. The molecule has 1 aromatic heterocycles. The van der Waals surface area contributed by atoms with E-state index in [4.69, 9.17) is 11.6 Å². The molecule has 0 aliphatic rings. The Kier molecular flexibility index (Phi) is 3.62. The Bertz CT molecular complexity index is 317. The van der Waals surface area contributed by atoms with Crippen molar-refractivity contribution < 1.29 is 8.78 Å². The number of alkyl halides is 3. The molecule has 0 unspecified atom stereocenters. The van der Waals surface area contributed by atoms with Gasteiger partial charge in [-0.25, -0.2) is 13.8 Å². The molecule has 0 atom stereocenters. The lowest BCUT2D eigenvalue weighted by Gasteiger charge is -2.10. The first-order valence-corrected chi connectivity index (χ1v) is 5.05. The zero-order chi connectivity index (χ0) is 10.0. The van der Waals surface area contributed by atoms with E-state index in [1.807, 2.05) is 0 Å². The second-order valence-corrected chi connectivity index (χ2v) is 3.48. The molecule has 0 bridgehead atoms. The van der Waals surface area contributed by atoms with Gasteiger partial charge in [0.2, 0.25) is 0 Å². The van der Waals surface area contributed by atoms with E-state index in [0.29, 0.717) is 10.9 Å². The number of rotatable bonds is 2. The van der Waals surface area contributed by atoms with Gasteiger partial charge in [0.15, 0.2) is 0 Å². The molecule has 72 valence electrons. The summed E-state index contributed by atoms with van der Waals surface area (Å²) in [5.74, 6) is 0. The predicted molar refractivity (Wildman–Crippen MR) is 51.6 cm³/mol. The average molecular weight is 271 g/mol. The predicted octanol–water partition coefficient (Wildman–Crippen LogP) is 3.88. The molecular formula is C8H7BrClF2N. The van der Waals surface area contributed by atoms with Crippen LogP contribution in [-0.4, -0.2) is 4.98 Å². The molecule has 0 aliphatic carbocycles. The molecule has 0 spiro atoms. The second kappa shape index (κ2) is 4.33. The zero-order valence-corrected chi connectivity index (χ0v) is 9.16. The standard InChI is InChI=1S/C8H7BrClF2N/c1-4-3-13-7(10)6(8(11)12)5(4)2-9/h3,8H,2H2,1H3. The molecule has 5 heteroatoms. The SMILES string of the molecule is Cc1cnc(Cl)c(C(F)F)c1CBr. The van der Waals surface area contributed by atoms with Gasteiger partial charge in [0.1, 0.15) is 5.15 Å². The van der Waals surface area contributed by atoms with Crippen LogP contribution in [0.15, 0.2) is 6.20 Å². The summed E-state index contributed by atoms with van der Waals surface area (Å²) in [6, 6.07) is 0. The van der Waals surface area contributed by atoms with Crippen molar-refractivity contribution in [3.05, 3.63) is 28.0 Å². The fourth-order valence-corrected chi connectivity index (χ4v) is 2.03. The normalized spacial score (nSPS) is 10.9. The van der Waals surface area contributed by atoms with Crippen molar-refractivity contribution in [3.63, 3.8) is 0 Å². The van der Waals surface area contributed by atoms with Crippen molar-refractivity contribution in [3.8, 4) is 0 Å². The number of hydrogen-bond donors (Lipinski definition) is 0. The smallest absolute Gasteiger partial charge is 0.244 e. The minimum absolute atomic E-state index is 0.116. The summed E-state index contributed by atoms with van der Waals surface area (Å²) in [5.41, 5.74) is 1.07. The largest absolute Gasteiger partial charge is 0.267 e. The topological polar surface area (TPSA) is 12.9 Å². The number of aryl methyl sites for hydroxylation is 1. The van der Waals surface area contributed by atoms with Crippen LogP contribution >= 0.6 is 27.5 Å². The van der Waals surface area contributed by atoms with Crippen LogP contribution in [0.3, 0.4) is 0 Å². The Morgan fingerprint density at radius 1 is 1.62 bits per heavy atom. The van der Waals surface area contributed by atoms with Crippen molar-refractivity contribution in [1.82, 2.24) is 4.98 Å². The van der Waals surface area contributed by atoms with Crippen molar-refractivity contribution in [2.24, 2.45) is 0 Å². The van der Waals surface area contributed by atoms with Crippen LogP contribution in [0, 0.1) is 6.92 Å². The van der Waals surface area contributed by atoms with E-state index in [9.17, 15) is 8.78 Å². The number of halogens is 4. The highest BCUT2D eigenvalue weighted by Crippen LogP contribution is 2.31. The Labute approximate surface area is 88.2 Å². The van der Waals surface area contributed by atoms with Crippen LogP contribution < -0.4 is 0 Å². The minimum atomic E-state index is -2.58. The molecule has 0 aromatic carbocycles. The van der Waals surface area contributed by atoms with E-state index in [-0.39, 0.29) is 10.7 Å². The summed E-state index contributed by atoms with van der Waals surface area (Å²) < 4.78 is 25.0. The Hall–Kier alpha value is -0.220. The summed E-state index contributed by atoms with van der Waals surface area (Å²) in [6.07, 6.45) is -1.09. The first kappa shape index (κ1) is 10.9. The molecule has 0 amide bonds. The molecule has 0 N–H and O–H groups in total. The minimum Gasteiger partial charge on any atom is -0.244 e. The molecule has 0 saturated heterocycles. The number of aromatic nitrogens is 1. The maximum Gasteiger partial charge on any atom is 0.267 e. The zero-order valence-electron chi connectivity index (χ0n) is 6.82. The van der Waals surface area contributed by atoms with Gasteiger partial charge < -0.3 is 0 Å². The van der Waals surface area contributed by atoms with Crippen molar-refractivity contribution >= 4 is 27.5 Å². The highest BCUT2D eigenvalue weighted by molar-refractivity contribution is 9.08. The van der Waals surface area contributed by atoms with E-state index >= 15 is 0 Å². The first-order valence-electron chi connectivity index (χ1n) is 3.56. The number of pyridine rings is 1. The number of nitrogens with zero attached hydrogens (tertiary/aromatic N) is 1. The average Bonchev–Trinajstić information content (AvgIpc) is 2.07. The maximum absolute atomic E-state index is 12.5. The molecule has 13 heavy (non-hydrogen) atoms. The first-order chi connectivity index (χ1) is 6.07. The van der Waals surface area contributed by atoms with E-state index < -0.39 is 6.43 Å². The third-order valence-electron chi connectivity index (χ3n) is 1.75. The monoisotopic (exact) mass is 269 g/mol. The summed E-state index contributed by atoms with van der Waals surface area (Å²) in [4.78, 5) is 3.67. The molecule has 0 radical (unpaired) electrons. The van der Waals surface area contributed by atoms with Crippen molar-refractivity contribution in [2.45, 2.75) is 18.7 Å². The molecule has 0 fully saturated rings. The third-order valence-corrected chi connectivity index (χ3v) is 2.61. The summed E-state index contributed by atoms with van der Waals surface area (Å²) >= 11 is 8.71. The summed E-state index contributed by atoms with van der Waals surface area (Å²) in [6.45, 7) is 1.73. The highest BCUT2D eigenvalue weighted by atomic mass is 79.9. The lowest BCUT2D eigenvalue weighted by molar-refractivity contribution is 0.150. The molecule has 1 rings (SSSR count). The van der Waals surface area contributed by atoms with E-state index in [1.54, 1.807) is 6.92 Å². The lowest BCUT2D eigenvalue weighted by atomic mass is 10.1. The van der Waals surface area contributed by atoms with Gasteiger partial charge in [0, 0.05) is 11.5 Å². The van der Waals surface area contributed by atoms with Crippen LogP contribution in [0.5, 0.6) is 0 Å². The van der Waals surface area contributed by atoms with E-state index in [0.717, 1.165) is 5.56 Å². The van der Waals surface area contributed by atoms with E-state index in [1.165, 1.54) is 6.20 Å². The van der Waals surface area contributed by atoms with Crippen LogP contribution in [-0.2, 0) is 5.33 Å². The third kappa shape index (κ3) is 2.17. The van der Waals surface area contributed by atoms with Crippen LogP contribution in [0.2, 0.25) is 5.15 Å². The van der Waals surface area contributed by atoms with Gasteiger partial charge in [-0.1, -0.05) is 27.5 Å². The van der Waals surface area contributed by atoms with Gasteiger partial charge in [0.25, 0.3) is 6.43 Å². The van der Waals surface area contributed by atoms with Gasteiger partial charge in [-0.3, -0.25) is 0 Å². The quantitative estimate of drug-likeness (QED) is 0.587.